The van der Waals surface area contributed by atoms with Gasteiger partial charge in [0.2, 0.25) is 5.43 Å². The number of pyridine rings is 1. The van der Waals surface area contributed by atoms with Crippen LogP contribution >= 0.6 is 0 Å². The summed E-state index contributed by atoms with van der Waals surface area (Å²) < 4.78 is 1.73. The van der Waals surface area contributed by atoms with Crippen LogP contribution in [0.2, 0.25) is 0 Å². The van der Waals surface area contributed by atoms with E-state index in [1.165, 1.54) is 18.9 Å². The number of likely N-dealkylation sites (tertiary alicyclic amines) is 1. The van der Waals surface area contributed by atoms with E-state index in [2.05, 4.69) is 11.8 Å². The van der Waals surface area contributed by atoms with Gasteiger partial charge in [0.25, 0.3) is 0 Å². The summed E-state index contributed by atoms with van der Waals surface area (Å²) in [4.78, 5) is 14.1. The van der Waals surface area contributed by atoms with Gasteiger partial charge in [-0.25, -0.2) is 0 Å². The smallest absolute Gasteiger partial charge is 0.223 e. The maximum atomic E-state index is 11.8. The molecule has 20 heavy (non-hydrogen) atoms. The van der Waals surface area contributed by atoms with E-state index in [1.807, 2.05) is 0 Å². The largest absolute Gasteiger partial charge is 0.503 e. The minimum absolute atomic E-state index is 0.190. The van der Waals surface area contributed by atoms with Crippen molar-refractivity contribution in [3.8, 4) is 5.75 Å². The summed E-state index contributed by atoms with van der Waals surface area (Å²) in [6.45, 7) is 3.53. The lowest BCUT2D eigenvalue weighted by atomic mass is 9.99. The highest BCUT2D eigenvalue weighted by Gasteiger charge is 2.23. The molecular formula is C15H24N2O3. The molecule has 0 radical (unpaired) electrons. The Kier molecular flexibility index (Phi) is 4.83. The van der Waals surface area contributed by atoms with Crippen molar-refractivity contribution < 1.29 is 10.2 Å². The third kappa shape index (κ3) is 2.88. The summed E-state index contributed by atoms with van der Waals surface area (Å²) in [6, 6.07) is 1.81. The van der Waals surface area contributed by atoms with Crippen LogP contribution in [0.5, 0.6) is 5.75 Å². The molecule has 1 saturated heterocycles. The molecule has 0 aliphatic carbocycles. The zero-order valence-corrected chi connectivity index (χ0v) is 12.3. The fourth-order valence-corrected chi connectivity index (χ4v) is 3.05. The number of hydrogen-bond donors (Lipinski definition) is 2. The summed E-state index contributed by atoms with van der Waals surface area (Å²) in [5.41, 5.74) is 0.724. The number of nitrogens with zero attached hydrogens (tertiary/aromatic N) is 2. The summed E-state index contributed by atoms with van der Waals surface area (Å²) in [5.74, 6) is -0.190. The molecule has 1 aromatic heterocycles. The molecule has 0 aromatic carbocycles. The van der Waals surface area contributed by atoms with Crippen LogP contribution in [-0.4, -0.2) is 32.3 Å². The summed E-state index contributed by atoms with van der Waals surface area (Å²) >= 11 is 0. The fraction of sp³-hybridized carbons (Fsp3) is 0.667. The zero-order chi connectivity index (χ0) is 14.7. The van der Waals surface area contributed by atoms with Gasteiger partial charge < -0.3 is 14.8 Å². The molecule has 0 bridgehead atoms. The number of piperidine rings is 1. The number of aromatic hydroxyl groups is 1. The van der Waals surface area contributed by atoms with E-state index in [4.69, 9.17) is 0 Å². The van der Waals surface area contributed by atoms with Crippen molar-refractivity contribution in [1.82, 2.24) is 9.47 Å². The first-order valence-electron chi connectivity index (χ1n) is 7.34. The molecule has 0 spiro atoms. The fourth-order valence-electron chi connectivity index (χ4n) is 3.05. The molecule has 1 unspecified atom stereocenters. The molecule has 0 amide bonds. The van der Waals surface area contributed by atoms with Crippen LogP contribution in [-0.2, 0) is 20.2 Å². The SMILES string of the molecule is CCC1CCCCN1Cc1c(O)c(=O)cc(CO)n1C. The Balaban J connectivity index is 2.32. The molecule has 1 aliphatic heterocycles. The maximum Gasteiger partial charge on any atom is 0.223 e. The second kappa shape index (κ2) is 6.41. The van der Waals surface area contributed by atoms with Gasteiger partial charge in [0.1, 0.15) is 0 Å². The first-order valence-corrected chi connectivity index (χ1v) is 7.34. The molecule has 2 rings (SSSR count). The number of aliphatic hydroxyl groups excluding tert-OH is 1. The van der Waals surface area contributed by atoms with Crippen molar-refractivity contribution in [2.45, 2.75) is 51.8 Å². The zero-order valence-electron chi connectivity index (χ0n) is 12.3. The van der Waals surface area contributed by atoms with E-state index < -0.39 is 5.43 Å². The van der Waals surface area contributed by atoms with Gasteiger partial charge >= 0.3 is 0 Å². The normalized spacial score (nSPS) is 20.2. The van der Waals surface area contributed by atoms with E-state index in [0.717, 1.165) is 19.4 Å². The Morgan fingerprint density at radius 1 is 1.40 bits per heavy atom. The Bertz CT molecular complexity index is 525. The molecule has 5 heteroatoms. The molecule has 1 atom stereocenters. The second-order valence-corrected chi connectivity index (χ2v) is 5.54. The minimum atomic E-state index is -0.410. The van der Waals surface area contributed by atoms with E-state index >= 15 is 0 Å². The van der Waals surface area contributed by atoms with Crippen LogP contribution in [0.3, 0.4) is 0 Å². The lowest BCUT2D eigenvalue weighted by Gasteiger charge is -2.35. The highest BCUT2D eigenvalue weighted by Crippen LogP contribution is 2.24. The van der Waals surface area contributed by atoms with Gasteiger partial charge in [-0.15, -0.1) is 0 Å². The van der Waals surface area contributed by atoms with Crippen LogP contribution in [0.25, 0.3) is 0 Å². The molecule has 0 saturated carbocycles. The average molecular weight is 280 g/mol. The molecule has 2 heterocycles. The third-order valence-electron chi connectivity index (χ3n) is 4.38. The number of aromatic nitrogens is 1. The monoisotopic (exact) mass is 280 g/mol. The Morgan fingerprint density at radius 2 is 2.15 bits per heavy atom. The van der Waals surface area contributed by atoms with E-state index in [-0.39, 0.29) is 12.4 Å². The number of aliphatic hydroxyl groups is 1. The summed E-state index contributed by atoms with van der Waals surface area (Å²) in [6.07, 6.45) is 4.65. The van der Waals surface area contributed by atoms with Gasteiger partial charge in [0.15, 0.2) is 5.75 Å². The maximum absolute atomic E-state index is 11.8. The molecule has 1 aromatic rings. The second-order valence-electron chi connectivity index (χ2n) is 5.54. The molecule has 5 nitrogen and oxygen atoms in total. The van der Waals surface area contributed by atoms with Gasteiger partial charge in [0.05, 0.1) is 12.3 Å². The summed E-state index contributed by atoms with van der Waals surface area (Å²) in [7, 11) is 1.78. The number of hydrogen-bond acceptors (Lipinski definition) is 4. The highest BCUT2D eigenvalue weighted by molar-refractivity contribution is 5.29. The number of rotatable bonds is 4. The van der Waals surface area contributed by atoms with Crippen LogP contribution in [0, 0.1) is 0 Å². The van der Waals surface area contributed by atoms with E-state index in [9.17, 15) is 15.0 Å². The lowest BCUT2D eigenvalue weighted by Crippen LogP contribution is -2.39. The van der Waals surface area contributed by atoms with Crippen molar-refractivity contribution in [2.75, 3.05) is 6.54 Å². The Hall–Kier alpha value is -1.33. The van der Waals surface area contributed by atoms with Crippen molar-refractivity contribution in [2.24, 2.45) is 7.05 Å². The first kappa shape index (κ1) is 15.1. The predicted molar refractivity (Wildman–Crippen MR) is 77.6 cm³/mol. The predicted octanol–water partition coefficient (Wildman–Crippen LogP) is 1.35. The van der Waals surface area contributed by atoms with Crippen LogP contribution in [0.1, 0.15) is 44.0 Å². The van der Waals surface area contributed by atoms with Gasteiger partial charge in [-0.05, 0) is 25.8 Å². The molecule has 1 fully saturated rings. The van der Waals surface area contributed by atoms with Gasteiger partial charge in [-0.2, -0.15) is 0 Å². The van der Waals surface area contributed by atoms with Crippen molar-refractivity contribution >= 4 is 0 Å². The van der Waals surface area contributed by atoms with Crippen molar-refractivity contribution in [3.63, 3.8) is 0 Å². The van der Waals surface area contributed by atoms with Crippen LogP contribution in [0.15, 0.2) is 10.9 Å². The summed E-state index contributed by atoms with van der Waals surface area (Å²) in [5, 5.41) is 19.4. The van der Waals surface area contributed by atoms with E-state index in [1.54, 1.807) is 11.6 Å². The molecule has 2 N–H and O–H groups in total. The van der Waals surface area contributed by atoms with Crippen LogP contribution in [0.4, 0.5) is 0 Å². The topological polar surface area (TPSA) is 65.7 Å². The Morgan fingerprint density at radius 3 is 2.80 bits per heavy atom. The van der Waals surface area contributed by atoms with E-state index in [0.29, 0.717) is 24.0 Å². The van der Waals surface area contributed by atoms with Crippen molar-refractivity contribution in [1.29, 1.82) is 0 Å². The molecule has 1 aliphatic rings. The quantitative estimate of drug-likeness (QED) is 0.873. The molecular weight excluding hydrogens is 256 g/mol. The standard InChI is InChI=1S/C15H24N2O3/c1-3-11-6-4-5-7-17(11)9-13-15(20)14(19)8-12(10-18)16(13)2/h8,11,18,20H,3-7,9-10H2,1-2H3. The van der Waals surface area contributed by atoms with Gasteiger partial charge in [0, 0.05) is 31.4 Å². The highest BCUT2D eigenvalue weighted by atomic mass is 16.3. The van der Waals surface area contributed by atoms with Gasteiger partial charge in [-0.3, -0.25) is 9.69 Å². The Labute approximate surface area is 119 Å². The van der Waals surface area contributed by atoms with Gasteiger partial charge in [-0.1, -0.05) is 13.3 Å². The van der Waals surface area contributed by atoms with Crippen molar-refractivity contribution in [3.05, 3.63) is 27.7 Å². The molecule has 112 valence electrons. The third-order valence-corrected chi connectivity index (χ3v) is 4.38. The lowest BCUT2D eigenvalue weighted by molar-refractivity contribution is 0.131. The van der Waals surface area contributed by atoms with Crippen LogP contribution < -0.4 is 5.43 Å². The first-order chi connectivity index (χ1) is 9.58. The average Bonchev–Trinajstić information content (AvgIpc) is 2.47. The minimum Gasteiger partial charge on any atom is -0.503 e.